The number of rotatable bonds is 5. The predicted octanol–water partition coefficient (Wildman–Crippen LogP) is -1.23. The van der Waals surface area contributed by atoms with Crippen LogP contribution in [0.4, 0.5) is 17.8 Å². The van der Waals surface area contributed by atoms with Crippen LogP contribution >= 0.6 is 0 Å². The lowest BCUT2D eigenvalue weighted by molar-refractivity contribution is -0.0471. The smallest absolute Gasteiger partial charge is 0.284 e. The standard InChI is InChI=1S/C7H14N6O3/c1-12(4-14)6-9-5(8)10-7(11-6)13(15-2)16-3/h14H,4H2,1-3H3,(H2,8,9,10,11). The molecule has 0 aliphatic heterocycles. The molecule has 1 aromatic heterocycles. The van der Waals surface area contributed by atoms with E-state index in [9.17, 15) is 0 Å². The van der Waals surface area contributed by atoms with Crippen molar-refractivity contribution in [2.75, 3.05) is 43.9 Å². The number of nitrogen functional groups attached to an aromatic ring is 1. The van der Waals surface area contributed by atoms with Gasteiger partial charge in [-0.15, -0.1) is 0 Å². The number of anilines is 3. The second-order valence-corrected chi connectivity index (χ2v) is 2.76. The van der Waals surface area contributed by atoms with Gasteiger partial charge >= 0.3 is 0 Å². The molecule has 0 aliphatic rings. The Morgan fingerprint density at radius 3 is 2.25 bits per heavy atom. The highest BCUT2D eigenvalue weighted by Gasteiger charge is 2.14. The summed E-state index contributed by atoms with van der Waals surface area (Å²) in [6.45, 7) is -0.247. The third-order valence-electron chi connectivity index (χ3n) is 1.68. The molecule has 0 bridgehead atoms. The van der Waals surface area contributed by atoms with E-state index in [0.29, 0.717) is 0 Å². The summed E-state index contributed by atoms with van der Waals surface area (Å²) in [6.07, 6.45) is 0. The van der Waals surface area contributed by atoms with Crippen molar-refractivity contribution in [2.24, 2.45) is 0 Å². The van der Waals surface area contributed by atoms with Crippen molar-refractivity contribution in [2.45, 2.75) is 0 Å². The maximum atomic E-state index is 8.93. The van der Waals surface area contributed by atoms with Crippen LogP contribution in [0.1, 0.15) is 0 Å². The van der Waals surface area contributed by atoms with Gasteiger partial charge in [0.1, 0.15) is 6.73 Å². The molecule has 9 nitrogen and oxygen atoms in total. The van der Waals surface area contributed by atoms with Crippen LogP contribution in [0.15, 0.2) is 0 Å². The van der Waals surface area contributed by atoms with E-state index in [2.05, 4.69) is 15.0 Å². The van der Waals surface area contributed by atoms with Crippen molar-refractivity contribution in [1.82, 2.24) is 15.0 Å². The van der Waals surface area contributed by atoms with Gasteiger partial charge in [0.05, 0.1) is 14.2 Å². The van der Waals surface area contributed by atoms with Gasteiger partial charge in [-0.1, -0.05) is 5.23 Å². The van der Waals surface area contributed by atoms with Gasteiger partial charge in [0.2, 0.25) is 11.9 Å². The van der Waals surface area contributed by atoms with Crippen molar-refractivity contribution < 1.29 is 14.8 Å². The van der Waals surface area contributed by atoms with Crippen LogP contribution in [0.2, 0.25) is 0 Å². The molecule has 9 heteroatoms. The molecule has 0 atom stereocenters. The predicted molar refractivity (Wildman–Crippen MR) is 56.2 cm³/mol. The minimum absolute atomic E-state index is 0.000556. The van der Waals surface area contributed by atoms with E-state index >= 15 is 0 Å². The monoisotopic (exact) mass is 230 g/mol. The van der Waals surface area contributed by atoms with E-state index in [4.69, 9.17) is 20.5 Å². The molecule has 0 aromatic carbocycles. The second kappa shape index (κ2) is 5.39. The van der Waals surface area contributed by atoms with Gasteiger partial charge in [-0.25, -0.2) is 9.68 Å². The number of aliphatic hydroxyl groups is 1. The molecule has 1 rings (SSSR count). The van der Waals surface area contributed by atoms with Crippen molar-refractivity contribution in [3.8, 4) is 0 Å². The Morgan fingerprint density at radius 2 is 1.75 bits per heavy atom. The van der Waals surface area contributed by atoms with Gasteiger partial charge in [-0.2, -0.15) is 15.0 Å². The zero-order valence-corrected chi connectivity index (χ0v) is 9.28. The first-order chi connectivity index (χ1) is 7.62. The fraction of sp³-hybridized carbons (Fsp3) is 0.571. The lowest BCUT2D eigenvalue weighted by atomic mass is 10.7. The molecule has 0 aliphatic carbocycles. The Kier molecular flexibility index (Phi) is 4.17. The molecule has 1 heterocycles. The zero-order chi connectivity index (χ0) is 12.1. The van der Waals surface area contributed by atoms with Crippen molar-refractivity contribution >= 4 is 17.8 Å². The molecule has 0 fully saturated rings. The van der Waals surface area contributed by atoms with Gasteiger partial charge in [0.25, 0.3) is 5.95 Å². The van der Waals surface area contributed by atoms with E-state index in [1.165, 1.54) is 19.1 Å². The molecule has 0 spiro atoms. The molecule has 16 heavy (non-hydrogen) atoms. The van der Waals surface area contributed by atoms with Gasteiger partial charge < -0.3 is 15.7 Å². The number of hydrogen-bond acceptors (Lipinski definition) is 9. The third-order valence-corrected chi connectivity index (χ3v) is 1.68. The molecular weight excluding hydrogens is 216 g/mol. The lowest BCUT2D eigenvalue weighted by Crippen LogP contribution is -2.26. The molecule has 0 radical (unpaired) electrons. The highest BCUT2D eigenvalue weighted by Crippen LogP contribution is 2.13. The molecule has 3 N–H and O–H groups in total. The number of hydrogen-bond donors (Lipinski definition) is 2. The number of nitrogens with two attached hydrogens (primary N) is 1. The van der Waals surface area contributed by atoms with Gasteiger partial charge in [0, 0.05) is 7.05 Å². The topological polar surface area (TPSA) is 110 Å². The largest absolute Gasteiger partial charge is 0.376 e. The number of aromatic nitrogens is 3. The summed E-state index contributed by atoms with van der Waals surface area (Å²) in [4.78, 5) is 22.7. The second-order valence-electron chi connectivity index (χ2n) is 2.76. The molecule has 0 amide bonds. The van der Waals surface area contributed by atoms with Crippen LogP contribution in [0.3, 0.4) is 0 Å². The summed E-state index contributed by atoms with van der Waals surface area (Å²) in [5, 5.41) is 9.90. The lowest BCUT2D eigenvalue weighted by Gasteiger charge is -2.18. The third kappa shape index (κ3) is 2.66. The van der Waals surface area contributed by atoms with E-state index in [0.717, 1.165) is 5.23 Å². The Hall–Kier alpha value is -1.71. The average Bonchev–Trinajstić information content (AvgIpc) is 2.29. The molecule has 90 valence electrons. The summed E-state index contributed by atoms with van der Waals surface area (Å²) in [7, 11) is 4.38. The van der Waals surface area contributed by atoms with E-state index < -0.39 is 0 Å². The first kappa shape index (κ1) is 12.4. The highest BCUT2D eigenvalue weighted by atomic mass is 16.9. The van der Waals surface area contributed by atoms with Gasteiger partial charge in [0.15, 0.2) is 0 Å². The zero-order valence-electron chi connectivity index (χ0n) is 9.28. The van der Waals surface area contributed by atoms with Crippen LogP contribution in [-0.4, -0.2) is 48.1 Å². The van der Waals surface area contributed by atoms with Crippen LogP contribution in [0.25, 0.3) is 0 Å². The first-order valence-corrected chi connectivity index (χ1v) is 4.34. The maximum absolute atomic E-state index is 8.93. The number of aliphatic hydroxyl groups excluding tert-OH is 1. The molecule has 1 aromatic rings. The summed E-state index contributed by atoms with van der Waals surface area (Å²) < 4.78 is 0. The molecule has 0 unspecified atom stereocenters. The van der Waals surface area contributed by atoms with Crippen LogP contribution in [0.5, 0.6) is 0 Å². The highest BCUT2D eigenvalue weighted by molar-refractivity contribution is 5.40. The van der Waals surface area contributed by atoms with Gasteiger partial charge in [-0.05, 0) is 0 Å². The number of nitrogens with zero attached hydrogens (tertiary/aromatic N) is 5. The van der Waals surface area contributed by atoms with Crippen LogP contribution < -0.4 is 15.9 Å². The maximum Gasteiger partial charge on any atom is 0.284 e. The van der Waals surface area contributed by atoms with E-state index in [-0.39, 0.29) is 24.6 Å². The van der Waals surface area contributed by atoms with E-state index in [1.54, 1.807) is 7.05 Å². The summed E-state index contributed by atoms with van der Waals surface area (Å²) in [5.41, 5.74) is 5.49. The summed E-state index contributed by atoms with van der Waals surface area (Å²) >= 11 is 0. The van der Waals surface area contributed by atoms with Crippen molar-refractivity contribution in [1.29, 1.82) is 0 Å². The minimum Gasteiger partial charge on any atom is -0.376 e. The molecule has 0 saturated heterocycles. The Balaban J connectivity index is 3.06. The van der Waals surface area contributed by atoms with Crippen LogP contribution in [-0.2, 0) is 9.68 Å². The average molecular weight is 230 g/mol. The van der Waals surface area contributed by atoms with Gasteiger partial charge in [-0.3, -0.25) is 0 Å². The quantitative estimate of drug-likeness (QED) is 0.474. The molecular formula is C7H14N6O3. The summed E-state index contributed by atoms with van der Waals surface area (Å²) in [5.74, 6) is 0.302. The fourth-order valence-corrected chi connectivity index (χ4v) is 0.923. The Morgan fingerprint density at radius 1 is 1.19 bits per heavy atom. The van der Waals surface area contributed by atoms with E-state index in [1.807, 2.05) is 0 Å². The normalized spacial score (nSPS) is 10.2. The SMILES string of the molecule is CON(OC)c1nc(N)nc(N(C)CO)n1. The van der Waals surface area contributed by atoms with Crippen LogP contribution in [0, 0.1) is 0 Å². The fourth-order valence-electron chi connectivity index (χ4n) is 0.923. The minimum atomic E-state index is -0.247. The summed E-state index contributed by atoms with van der Waals surface area (Å²) in [6, 6.07) is 0. The first-order valence-electron chi connectivity index (χ1n) is 4.34. The van der Waals surface area contributed by atoms with Crippen molar-refractivity contribution in [3.63, 3.8) is 0 Å². The Labute approximate surface area is 92.3 Å². The van der Waals surface area contributed by atoms with Crippen molar-refractivity contribution in [3.05, 3.63) is 0 Å². The Bertz CT molecular complexity index is 345. The molecule has 0 saturated carbocycles.